The zero-order valence-electron chi connectivity index (χ0n) is 10.7. The van der Waals surface area contributed by atoms with E-state index < -0.39 is 5.97 Å². The molecule has 19 heavy (non-hydrogen) atoms. The van der Waals surface area contributed by atoms with Crippen LogP contribution in [0, 0.1) is 0 Å². The highest BCUT2D eigenvalue weighted by Crippen LogP contribution is 2.26. The number of aliphatic carboxylic acids is 1. The number of ether oxygens (including phenoxy) is 1. The first-order chi connectivity index (χ1) is 9.02. The maximum Gasteiger partial charge on any atom is 0.303 e. The molecule has 1 aromatic carbocycles. The Bertz CT molecular complexity index is 458. The van der Waals surface area contributed by atoms with Crippen LogP contribution in [0.25, 0.3) is 0 Å². The van der Waals surface area contributed by atoms with E-state index in [1.54, 1.807) is 18.2 Å². The van der Waals surface area contributed by atoms with E-state index in [1.165, 1.54) is 7.11 Å². The van der Waals surface area contributed by atoms with Crippen molar-refractivity contribution in [2.75, 3.05) is 13.7 Å². The lowest BCUT2D eigenvalue weighted by molar-refractivity contribution is -0.138. The summed E-state index contributed by atoms with van der Waals surface area (Å²) in [6, 6.07) is 5.01. The first kappa shape index (κ1) is 14.8. The highest BCUT2D eigenvalue weighted by atomic mass is 16.5. The molecule has 3 N–H and O–H groups in total. The summed E-state index contributed by atoms with van der Waals surface area (Å²) in [7, 11) is 1.47. The van der Waals surface area contributed by atoms with Gasteiger partial charge in [-0.1, -0.05) is 6.07 Å². The Hall–Kier alpha value is -2.24. The van der Waals surface area contributed by atoms with Gasteiger partial charge in [-0.2, -0.15) is 0 Å². The van der Waals surface area contributed by atoms with Crippen LogP contribution < -0.4 is 10.1 Å². The van der Waals surface area contributed by atoms with Crippen LogP contribution in [0.3, 0.4) is 0 Å². The SMILES string of the molecule is COc1ccc(CCNC(=O)CCC(=O)O)cc1O. The lowest BCUT2D eigenvalue weighted by Crippen LogP contribution is -2.25. The van der Waals surface area contributed by atoms with Gasteiger partial charge in [-0.05, 0) is 24.1 Å². The summed E-state index contributed by atoms with van der Waals surface area (Å²) in [5, 5.41) is 20.6. The van der Waals surface area contributed by atoms with Gasteiger partial charge in [0.2, 0.25) is 5.91 Å². The molecule has 0 spiro atoms. The Morgan fingerprint density at radius 3 is 2.63 bits per heavy atom. The second kappa shape index (κ2) is 7.25. The highest BCUT2D eigenvalue weighted by Gasteiger charge is 2.06. The van der Waals surface area contributed by atoms with Crippen molar-refractivity contribution in [3.8, 4) is 11.5 Å². The zero-order valence-corrected chi connectivity index (χ0v) is 10.7. The fraction of sp³-hybridized carbons (Fsp3) is 0.385. The third-order valence-electron chi connectivity index (χ3n) is 2.55. The summed E-state index contributed by atoms with van der Waals surface area (Å²) in [5.74, 6) is -0.832. The number of carbonyl (C=O) groups is 2. The third-order valence-corrected chi connectivity index (χ3v) is 2.55. The number of methoxy groups -OCH3 is 1. The smallest absolute Gasteiger partial charge is 0.303 e. The minimum Gasteiger partial charge on any atom is -0.504 e. The van der Waals surface area contributed by atoms with Crippen molar-refractivity contribution in [1.82, 2.24) is 5.32 Å². The van der Waals surface area contributed by atoms with Crippen LogP contribution in [-0.4, -0.2) is 35.7 Å². The molecule has 1 amide bonds. The first-order valence-electron chi connectivity index (χ1n) is 5.87. The summed E-state index contributed by atoms with van der Waals surface area (Å²) in [4.78, 5) is 21.5. The summed E-state index contributed by atoms with van der Waals surface area (Å²) < 4.78 is 4.92. The molecule has 0 bridgehead atoms. The number of nitrogens with one attached hydrogen (secondary N) is 1. The van der Waals surface area contributed by atoms with Crippen LogP contribution in [0.5, 0.6) is 11.5 Å². The highest BCUT2D eigenvalue weighted by molar-refractivity contribution is 5.80. The van der Waals surface area contributed by atoms with Crippen LogP contribution >= 0.6 is 0 Å². The van der Waals surface area contributed by atoms with Gasteiger partial charge in [0.25, 0.3) is 0 Å². The van der Waals surface area contributed by atoms with Gasteiger partial charge in [-0.15, -0.1) is 0 Å². The lowest BCUT2D eigenvalue weighted by Gasteiger charge is -2.07. The van der Waals surface area contributed by atoms with Crippen molar-refractivity contribution in [2.45, 2.75) is 19.3 Å². The molecule has 0 radical (unpaired) electrons. The number of phenolic OH excluding ortho intramolecular Hbond substituents is 1. The lowest BCUT2D eigenvalue weighted by atomic mass is 10.1. The molecule has 0 aromatic heterocycles. The number of phenols is 1. The maximum absolute atomic E-state index is 11.3. The van der Waals surface area contributed by atoms with Crippen molar-refractivity contribution < 1.29 is 24.5 Å². The molecular weight excluding hydrogens is 250 g/mol. The zero-order chi connectivity index (χ0) is 14.3. The predicted molar refractivity (Wildman–Crippen MR) is 68.2 cm³/mol. The standard InChI is InChI=1S/C13H17NO5/c1-19-11-3-2-9(8-10(11)15)6-7-14-12(16)4-5-13(17)18/h2-3,8,15H,4-7H2,1H3,(H,14,16)(H,17,18). The Balaban J connectivity index is 2.35. The Kier molecular flexibility index (Phi) is 5.66. The second-order valence-corrected chi connectivity index (χ2v) is 4.00. The minimum absolute atomic E-state index is 0.0246. The van der Waals surface area contributed by atoms with Crippen LogP contribution in [0.2, 0.25) is 0 Å². The Morgan fingerprint density at radius 2 is 2.05 bits per heavy atom. The van der Waals surface area contributed by atoms with E-state index in [0.29, 0.717) is 18.7 Å². The molecular formula is C13H17NO5. The van der Waals surface area contributed by atoms with Gasteiger partial charge in [0.1, 0.15) is 0 Å². The summed E-state index contributed by atoms with van der Waals surface area (Å²) in [6.07, 6.45) is 0.356. The number of benzene rings is 1. The molecule has 0 aliphatic carbocycles. The molecule has 0 aliphatic rings. The quantitative estimate of drug-likeness (QED) is 0.683. The summed E-state index contributed by atoms with van der Waals surface area (Å²) >= 11 is 0. The molecule has 1 aromatic rings. The van der Waals surface area contributed by atoms with Crippen molar-refractivity contribution >= 4 is 11.9 Å². The van der Waals surface area contributed by atoms with Gasteiger partial charge in [0.05, 0.1) is 13.5 Å². The maximum atomic E-state index is 11.3. The van der Waals surface area contributed by atoms with Gasteiger partial charge in [0.15, 0.2) is 11.5 Å². The summed E-state index contributed by atoms with van der Waals surface area (Å²) in [5.41, 5.74) is 0.858. The number of aromatic hydroxyl groups is 1. The number of carboxylic acids is 1. The topological polar surface area (TPSA) is 95.9 Å². The van der Waals surface area contributed by atoms with E-state index in [0.717, 1.165) is 5.56 Å². The molecule has 104 valence electrons. The first-order valence-corrected chi connectivity index (χ1v) is 5.87. The van der Waals surface area contributed by atoms with Crippen LogP contribution in [0.15, 0.2) is 18.2 Å². The fourth-order valence-electron chi connectivity index (χ4n) is 1.55. The Labute approximate surface area is 111 Å². The number of carbonyl (C=O) groups excluding carboxylic acids is 1. The second-order valence-electron chi connectivity index (χ2n) is 4.00. The average Bonchev–Trinajstić information content (AvgIpc) is 2.36. The molecule has 0 fully saturated rings. The van der Waals surface area contributed by atoms with Crippen LogP contribution in [-0.2, 0) is 16.0 Å². The van der Waals surface area contributed by atoms with E-state index in [-0.39, 0.29) is 24.5 Å². The minimum atomic E-state index is -0.991. The third kappa shape index (κ3) is 5.29. The van der Waals surface area contributed by atoms with Crippen molar-refractivity contribution in [3.63, 3.8) is 0 Å². The van der Waals surface area contributed by atoms with Crippen molar-refractivity contribution in [2.24, 2.45) is 0 Å². The van der Waals surface area contributed by atoms with Gasteiger partial charge in [0, 0.05) is 13.0 Å². The molecule has 0 saturated heterocycles. The van der Waals surface area contributed by atoms with E-state index >= 15 is 0 Å². The number of amides is 1. The predicted octanol–water partition coefficient (Wildman–Crippen LogP) is 0.924. The van der Waals surface area contributed by atoms with Gasteiger partial charge >= 0.3 is 5.97 Å². The molecule has 6 heteroatoms. The monoisotopic (exact) mass is 267 g/mol. The van der Waals surface area contributed by atoms with Crippen molar-refractivity contribution in [1.29, 1.82) is 0 Å². The van der Waals surface area contributed by atoms with E-state index in [9.17, 15) is 14.7 Å². The summed E-state index contributed by atoms with van der Waals surface area (Å²) in [6.45, 7) is 0.393. The molecule has 0 heterocycles. The molecule has 0 unspecified atom stereocenters. The van der Waals surface area contributed by atoms with E-state index in [4.69, 9.17) is 9.84 Å². The molecule has 0 atom stereocenters. The van der Waals surface area contributed by atoms with Crippen LogP contribution in [0.1, 0.15) is 18.4 Å². The van der Waals surface area contributed by atoms with Gasteiger partial charge in [-0.25, -0.2) is 0 Å². The van der Waals surface area contributed by atoms with E-state index in [1.807, 2.05) is 0 Å². The number of carboxylic acid groups (broad SMARTS) is 1. The Morgan fingerprint density at radius 1 is 1.32 bits per heavy atom. The van der Waals surface area contributed by atoms with E-state index in [2.05, 4.69) is 5.32 Å². The van der Waals surface area contributed by atoms with Crippen molar-refractivity contribution in [3.05, 3.63) is 23.8 Å². The molecule has 1 rings (SSSR count). The fourth-order valence-corrected chi connectivity index (χ4v) is 1.55. The number of rotatable bonds is 7. The average molecular weight is 267 g/mol. The largest absolute Gasteiger partial charge is 0.504 e. The molecule has 0 saturated carbocycles. The van der Waals surface area contributed by atoms with Gasteiger partial charge in [-0.3, -0.25) is 9.59 Å². The molecule has 6 nitrogen and oxygen atoms in total. The number of hydrogen-bond donors (Lipinski definition) is 3. The van der Waals surface area contributed by atoms with Gasteiger partial charge < -0.3 is 20.3 Å². The number of hydrogen-bond acceptors (Lipinski definition) is 4. The molecule has 0 aliphatic heterocycles. The normalized spacial score (nSPS) is 9.95. The van der Waals surface area contributed by atoms with Crippen LogP contribution in [0.4, 0.5) is 0 Å².